The number of anilines is 2. The molecule has 2 N–H and O–H groups in total. The zero-order chi connectivity index (χ0) is 14.2. The lowest BCUT2D eigenvalue weighted by molar-refractivity contribution is 0.833. The minimum Gasteiger partial charge on any atom is -0.370 e. The van der Waals surface area contributed by atoms with Gasteiger partial charge in [0.1, 0.15) is 17.5 Å². The van der Waals surface area contributed by atoms with Crippen molar-refractivity contribution in [3.8, 4) is 0 Å². The Balaban J connectivity index is 1.97. The van der Waals surface area contributed by atoms with E-state index in [0.29, 0.717) is 5.25 Å². The molecule has 20 heavy (non-hydrogen) atoms. The van der Waals surface area contributed by atoms with Gasteiger partial charge in [-0.3, -0.25) is 0 Å². The number of nitrogens with zero attached hydrogens (tertiary/aromatic N) is 2. The Kier molecular flexibility index (Phi) is 6.79. The molecule has 4 nitrogen and oxygen atoms in total. The van der Waals surface area contributed by atoms with Gasteiger partial charge in [-0.25, -0.2) is 9.97 Å². The molecule has 6 heteroatoms. The maximum atomic E-state index is 4.61. The van der Waals surface area contributed by atoms with Gasteiger partial charge in [-0.05, 0) is 13.3 Å². The van der Waals surface area contributed by atoms with Gasteiger partial charge in [-0.15, -0.1) is 0 Å². The van der Waals surface area contributed by atoms with E-state index >= 15 is 0 Å². The maximum Gasteiger partial charge on any atom is 0.133 e. The third-order valence-electron chi connectivity index (χ3n) is 3.00. The quantitative estimate of drug-likeness (QED) is 0.807. The summed E-state index contributed by atoms with van der Waals surface area (Å²) in [5.41, 5.74) is 0. The molecule has 2 rings (SSSR count). The van der Waals surface area contributed by atoms with Gasteiger partial charge < -0.3 is 10.6 Å². The first-order valence-corrected chi connectivity index (χ1v) is 9.57. The molecule has 1 fully saturated rings. The summed E-state index contributed by atoms with van der Waals surface area (Å²) >= 11 is 4.12. The van der Waals surface area contributed by atoms with Crippen molar-refractivity contribution in [1.82, 2.24) is 9.97 Å². The highest BCUT2D eigenvalue weighted by molar-refractivity contribution is 8.06. The predicted molar refractivity (Wildman–Crippen MR) is 92.3 cm³/mol. The Labute approximate surface area is 130 Å². The summed E-state index contributed by atoms with van der Waals surface area (Å²) in [6, 6.07) is 2.02. The molecule has 1 aromatic rings. The van der Waals surface area contributed by atoms with Crippen molar-refractivity contribution in [3.05, 3.63) is 11.9 Å². The summed E-state index contributed by atoms with van der Waals surface area (Å²) < 4.78 is 0. The van der Waals surface area contributed by atoms with E-state index in [2.05, 4.69) is 58.0 Å². The van der Waals surface area contributed by atoms with Crippen LogP contribution in [-0.2, 0) is 6.42 Å². The number of nitrogens with one attached hydrogen (secondary N) is 2. The van der Waals surface area contributed by atoms with E-state index in [0.717, 1.165) is 43.4 Å². The van der Waals surface area contributed by atoms with Gasteiger partial charge in [0, 0.05) is 48.1 Å². The fourth-order valence-corrected chi connectivity index (χ4v) is 4.68. The maximum absolute atomic E-state index is 4.61. The first-order chi connectivity index (χ1) is 9.81. The Hall–Kier alpha value is -0.620. The highest BCUT2D eigenvalue weighted by Crippen LogP contribution is 2.24. The molecule has 1 aromatic heterocycles. The summed E-state index contributed by atoms with van der Waals surface area (Å²) in [5.74, 6) is 6.61. The van der Waals surface area contributed by atoms with Gasteiger partial charge in [-0.2, -0.15) is 23.5 Å². The fourth-order valence-electron chi connectivity index (χ4n) is 2.07. The van der Waals surface area contributed by atoms with Gasteiger partial charge in [0.15, 0.2) is 0 Å². The Bertz CT molecular complexity index is 384. The summed E-state index contributed by atoms with van der Waals surface area (Å²) in [6.45, 7) is 6.12. The number of hydrogen-bond acceptors (Lipinski definition) is 6. The van der Waals surface area contributed by atoms with Crippen LogP contribution >= 0.6 is 23.5 Å². The summed E-state index contributed by atoms with van der Waals surface area (Å²) in [7, 11) is 0. The van der Waals surface area contributed by atoms with Crippen molar-refractivity contribution in [2.75, 3.05) is 41.0 Å². The molecule has 1 aliphatic heterocycles. The average Bonchev–Trinajstić information content (AvgIpc) is 2.47. The molecule has 112 valence electrons. The second kappa shape index (κ2) is 8.62. The van der Waals surface area contributed by atoms with E-state index in [9.17, 15) is 0 Å². The van der Waals surface area contributed by atoms with Crippen molar-refractivity contribution in [2.24, 2.45) is 0 Å². The molecule has 0 saturated carbocycles. The van der Waals surface area contributed by atoms with Crippen molar-refractivity contribution in [1.29, 1.82) is 0 Å². The molecule has 1 saturated heterocycles. The summed E-state index contributed by atoms with van der Waals surface area (Å²) in [6.07, 6.45) is 2.01. The molecule has 1 aliphatic rings. The molecule has 1 unspecified atom stereocenters. The summed E-state index contributed by atoms with van der Waals surface area (Å²) in [4.78, 5) is 9.15. The van der Waals surface area contributed by atoms with Crippen LogP contribution in [0.1, 0.15) is 26.1 Å². The fraction of sp³-hybridized carbons (Fsp3) is 0.714. The Morgan fingerprint density at radius 1 is 1.20 bits per heavy atom. The van der Waals surface area contributed by atoms with E-state index in [1.54, 1.807) is 0 Å². The minimum atomic E-state index is 0.695. The van der Waals surface area contributed by atoms with Crippen LogP contribution in [0.4, 0.5) is 11.6 Å². The van der Waals surface area contributed by atoms with Gasteiger partial charge in [0.05, 0.1) is 0 Å². The van der Waals surface area contributed by atoms with Gasteiger partial charge in [0.25, 0.3) is 0 Å². The minimum absolute atomic E-state index is 0.695. The molecular weight excluding hydrogens is 288 g/mol. The molecular formula is C14H24N4S2. The topological polar surface area (TPSA) is 49.8 Å². The van der Waals surface area contributed by atoms with Gasteiger partial charge in [-0.1, -0.05) is 6.92 Å². The highest BCUT2D eigenvalue weighted by atomic mass is 32.2. The normalized spacial score (nSPS) is 18.8. The zero-order valence-corrected chi connectivity index (χ0v) is 13.9. The Morgan fingerprint density at radius 2 is 2.00 bits per heavy atom. The van der Waals surface area contributed by atoms with Crippen molar-refractivity contribution < 1.29 is 0 Å². The van der Waals surface area contributed by atoms with Crippen LogP contribution in [0.3, 0.4) is 0 Å². The molecule has 2 heterocycles. The molecule has 0 amide bonds. The lowest BCUT2D eigenvalue weighted by Gasteiger charge is -2.21. The Morgan fingerprint density at radius 3 is 2.65 bits per heavy atom. The van der Waals surface area contributed by atoms with Crippen LogP contribution in [0.25, 0.3) is 0 Å². The van der Waals surface area contributed by atoms with Crippen molar-refractivity contribution in [2.45, 2.75) is 31.9 Å². The van der Waals surface area contributed by atoms with Crippen molar-refractivity contribution >= 4 is 35.2 Å². The second-order valence-corrected chi connectivity index (χ2v) is 7.34. The predicted octanol–water partition coefficient (Wildman–Crippen LogP) is 3.12. The molecule has 0 aromatic carbocycles. The monoisotopic (exact) mass is 312 g/mol. The number of aryl methyl sites for hydroxylation is 1. The van der Waals surface area contributed by atoms with E-state index in [-0.39, 0.29) is 0 Å². The van der Waals surface area contributed by atoms with Crippen LogP contribution in [0, 0.1) is 0 Å². The number of aromatic nitrogens is 2. The van der Waals surface area contributed by atoms with Crippen LogP contribution in [0.5, 0.6) is 0 Å². The van der Waals surface area contributed by atoms with Crippen LogP contribution < -0.4 is 10.6 Å². The van der Waals surface area contributed by atoms with Crippen LogP contribution in [0.15, 0.2) is 6.07 Å². The lowest BCUT2D eigenvalue weighted by atomic mass is 10.3. The third-order valence-corrected chi connectivity index (χ3v) is 5.84. The van der Waals surface area contributed by atoms with Gasteiger partial charge >= 0.3 is 0 Å². The van der Waals surface area contributed by atoms with E-state index in [1.165, 1.54) is 17.3 Å². The van der Waals surface area contributed by atoms with Crippen LogP contribution in [0.2, 0.25) is 0 Å². The number of rotatable bonds is 7. The van der Waals surface area contributed by atoms with Crippen molar-refractivity contribution in [3.63, 3.8) is 0 Å². The van der Waals surface area contributed by atoms with E-state index in [4.69, 9.17) is 0 Å². The number of hydrogen-bond donors (Lipinski definition) is 2. The lowest BCUT2D eigenvalue weighted by Crippen LogP contribution is -2.23. The molecule has 0 bridgehead atoms. The average molecular weight is 313 g/mol. The van der Waals surface area contributed by atoms with E-state index < -0.39 is 0 Å². The standard InChI is InChI=1S/C14H24N4S2/c1-3-5-12-17-13(15-4-2)8-14(18-12)16-9-11-10-19-6-7-20-11/h8,11H,3-7,9-10H2,1-2H3,(H2,15,16,17,18). The summed E-state index contributed by atoms with van der Waals surface area (Å²) in [5, 5.41) is 7.47. The molecule has 0 spiro atoms. The molecule has 1 atom stereocenters. The molecule has 0 aliphatic carbocycles. The number of thioether (sulfide) groups is 2. The SMILES string of the molecule is CCCc1nc(NCC)cc(NCC2CSCCS2)n1. The first-order valence-electron chi connectivity index (χ1n) is 7.36. The van der Waals surface area contributed by atoms with Crippen LogP contribution in [-0.4, -0.2) is 45.6 Å². The smallest absolute Gasteiger partial charge is 0.133 e. The highest BCUT2D eigenvalue weighted by Gasteiger charge is 2.14. The molecule has 0 radical (unpaired) electrons. The third kappa shape index (κ3) is 5.05. The van der Waals surface area contributed by atoms with Gasteiger partial charge in [0.2, 0.25) is 0 Å². The largest absolute Gasteiger partial charge is 0.370 e. The second-order valence-electron chi connectivity index (χ2n) is 4.78. The zero-order valence-electron chi connectivity index (χ0n) is 12.3. The first kappa shape index (κ1) is 15.8. The van der Waals surface area contributed by atoms with E-state index in [1.807, 2.05) is 6.07 Å².